The lowest BCUT2D eigenvalue weighted by molar-refractivity contribution is 0.973. The maximum absolute atomic E-state index is 3.21. The zero-order chi connectivity index (χ0) is 10.9. The van der Waals surface area contributed by atoms with Crippen LogP contribution in [-0.4, -0.2) is 6.26 Å². The van der Waals surface area contributed by atoms with Gasteiger partial charge >= 0.3 is 0 Å². The molecule has 1 heteroatoms. The van der Waals surface area contributed by atoms with Crippen LogP contribution in [0.3, 0.4) is 0 Å². The molecule has 0 aliphatic carbocycles. The summed E-state index contributed by atoms with van der Waals surface area (Å²) in [6.45, 7) is 2.16. The monoisotopic (exact) mass is 218 g/mol. The van der Waals surface area contributed by atoms with Crippen molar-refractivity contribution in [1.82, 2.24) is 0 Å². The van der Waals surface area contributed by atoms with Crippen molar-refractivity contribution in [3.63, 3.8) is 0 Å². The van der Waals surface area contributed by atoms with E-state index in [2.05, 4.69) is 49.3 Å². The Morgan fingerprint density at radius 1 is 1.07 bits per heavy atom. The number of hydrogen-bond donors (Lipinski definition) is 0. The molecule has 0 aliphatic heterocycles. The summed E-state index contributed by atoms with van der Waals surface area (Å²) in [5.74, 6) is 6.38. The fourth-order valence-electron chi connectivity index (χ4n) is 1.30. The predicted molar refractivity (Wildman–Crippen MR) is 69.2 cm³/mol. The van der Waals surface area contributed by atoms with Crippen LogP contribution in [0.5, 0.6) is 0 Å². The minimum Gasteiger partial charge on any atom is -0.130 e. The Morgan fingerprint density at radius 2 is 1.73 bits per heavy atom. The summed E-state index contributed by atoms with van der Waals surface area (Å²) in [5.41, 5.74) is 1.39. The molecule has 0 radical (unpaired) electrons. The second-order valence-electron chi connectivity index (χ2n) is 3.45. The Labute approximate surface area is 97.5 Å². The first-order valence-electron chi connectivity index (χ1n) is 5.45. The van der Waals surface area contributed by atoms with Crippen LogP contribution in [0.25, 0.3) is 0 Å². The average Bonchev–Trinajstić information content (AvgIpc) is 2.30. The SMILES string of the molecule is CCCC#CCCc1ccc(SC)cc1. The van der Waals surface area contributed by atoms with Crippen LogP contribution in [0.2, 0.25) is 0 Å². The van der Waals surface area contributed by atoms with Gasteiger partial charge in [-0.05, 0) is 36.8 Å². The lowest BCUT2D eigenvalue weighted by atomic mass is 10.1. The molecule has 0 aromatic heterocycles. The molecule has 0 amide bonds. The van der Waals surface area contributed by atoms with Gasteiger partial charge in [0.2, 0.25) is 0 Å². The molecule has 15 heavy (non-hydrogen) atoms. The lowest BCUT2D eigenvalue weighted by Crippen LogP contribution is -1.83. The van der Waals surface area contributed by atoms with E-state index in [1.165, 1.54) is 10.5 Å². The van der Waals surface area contributed by atoms with Gasteiger partial charge in [-0.25, -0.2) is 0 Å². The fourth-order valence-corrected chi connectivity index (χ4v) is 1.71. The van der Waals surface area contributed by atoms with Gasteiger partial charge in [-0.15, -0.1) is 23.6 Å². The Bertz CT molecular complexity index is 327. The minimum atomic E-state index is 0.985. The normalized spacial score (nSPS) is 9.47. The summed E-state index contributed by atoms with van der Waals surface area (Å²) in [6.07, 6.45) is 6.36. The topological polar surface area (TPSA) is 0 Å². The molecule has 1 aromatic carbocycles. The van der Waals surface area contributed by atoms with Crippen molar-refractivity contribution in [2.24, 2.45) is 0 Å². The van der Waals surface area contributed by atoms with Gasteiger partial charge in [0, 0.05) is 17.7 Å². The minimum absolute atomic E-state index is 0.985. The largest absolute Gasteiger partial charge is 0.130 e. The molecule has 80 valence electrons. The Morgan fingerprint density at radius 3 is 2.33 bits per heavy atom. The molecule has 0 saturated carbocycles. The molecule has 0 saturated heterocycles. The van der Waals surface area contributed by atoms with E-state index in [0.29, 0.717) is 0 Å². The second-order valence-corrected chi connectivity index (χ2v) is 4.33. The maximum Gasteiger partial charge on any atom is 0.0129 e. The van der Waals surface area contributed by atoms with Crippen LogP contribution in [0.4, 0.5) is 0 Å². The van der Waals surface area contributed by atoms with Crippen LogP contribution in [0.1, 0.15) is 31.7 Å². The molecule has 0 nitrogen and oxygen atoms in total. The van der Waals surface area contributed by atoms with Crippen molar-refractivity contribution in [3.8, 4) is 11.8 Å². The van der Waals surface area contributed by atoms with Gasteiger partial charge in [0.1, 0.15) is 0 Å². The average molecular weight is 218 g/mol. The molecule has 0 heterocycles. The smallest absolute Gasteiger partial charge is 0.0129 e. The van der Waals surface area contributed by atoms with Gasteiger partial charge in [-0.3, -0.25) is 0 Å². The van der Waals surface area contributed by atoms with Crippen molar-refractivity contribution in [3.05, 3.63) is 29.8 Å². The zero-order valence-corrected chi connectivity index (χ0v) is 10.4. The van der Waals surface area contributed by atoms with Gasteiger partial charge in [-0.1, -0.05) is 19.1 Å². The van der Waals surface area contributed by atoms with Crippen molar-refractivity contribution < 1.29 is 0 Å². The van der Waals surface area contributed by atoms with Crippen LogP contribution in [0.15, 0.2) is 29.2 Å². The number of aryl methyl sites for hydroxylation is 1. The van der Waals surface area contributed by atoms with E-state index in [-0.39, 0.29) is 0 Å². The number of hydrogen-bond acceptors (Lipinski definition) is 1. The number of benzene rings is 1. The van der Waals surface area contributed by atoms with Gasteiger partial charge in [0.05, 0.1) is 0 Å². The summed E-state index contributed by atoms with van der Waals surface area (Å²) in [6, 6.07) is 8.76. The standard InChI is InChI=1S/C14H18S/c1-3-4-5-6-7-8-13-9-11-14(15-2)12-10-13/h9-12H,3-4,7-8H2,1-2H3. The molecule has 0 unspecified atom stereocenters. The molecular weight excluding hydrogens is 200 g/mol. The second kappa shape index (κ2) is 7.43. The molecule has 0 spiro atoms. The van der Waals surface area contributed by atoms with E-state index in [9.17, 15) is 0 Å². The Kier molecular flexibility index (Phi) is 6.04. The molecule has 0 atom stereocenters. The summed E-state index contributed by atoms with van der Waals surface area (Å²) < 4.78 is 0. The maximum atomic E-state index is 3.21. The van der Waals surface area contributed by atoms with Gasteiger partial charge in [-0.2, -0.15) is 0 Å². The predicted octanol–water partition coefficient (Wildman–Crippen LogP) is 4.14. The van der Waals surface area contributed by atoms with Crippen molar-refractivity contribution in [2.45, 2.75) is 37.5 Å². The molecular formula is C14H18S. The third-order valence-corrected chi connectivity index (χ3v) is 2.94. The van der Waals surface area contributed by atoms with Gasteiger partial charge in [0.15, 0.2) is 0 Å². The molecule has 1 aromatic rings. The number of rotatable bonds is 4. The summed E-state index contributed by atoms with van der Waals surface area (Å²) in [7, 11) is 0. The quantitative estimate of drug-likeness (QED) is 0.540. The van der Waals surface area contributed by atoms with Crippen molar-refractivity contribution >= 4 is 11.8 Å². The highest BCUT2D eigenvalue weighted by atomic mass is 32.2. The highest BCUT2D eigenvalue weighted by Gasteiger charge is 1.92. The van der Waals surface area contributed by atoms with Crippen molar-refractivity contribution in [1.29, 1.82) is 0 Å². The highest BCUT2D eigenvalue weighted by Crippen LogP contribution is 2.15. The van der Waals surface area contributed by atoms with E-state index < -0.39 is 0 Å². The van der Waals surface area contributed by atoms with E-state index in [4.69, 9.17) is 0 Å². The molecule has 0 N–H and O–H groups in total. The van der Waals surface area contributed by atoms with E-state index in [1.807, 2.05) is 0 Å². The van der Waals surface area contributed by atoms with Gasteiger partial charge in [0.25, 0.3) is 0 Å². The highest BCUT2D eigenvalue weighted by molar-refractivity contribution is 7.98. The van der Waals surface area contributed by atoms with Crippen LogP contribution in [0, 0.1) is 11.8 Å². The first-order valence-corrected chi connectivity index (χ1v) is 6.68. The zero-order valence-electron chi connectivity index (χ0n) is 9.55. The van der Waals surface area contributed by atoms with Crippen LogP contribution in [-0.2, 0) is 6.42 Å². The summed E-state index contributed by atoms with van der Waals surface area (Å²) in [4.78, 5) is 1.33. The Balaban J connectivity index is 2.35. The number of unbranched alkanes of at least 4 members (excludes halogenated alkanes) is 1. The van der Waals surface area contributed by atoms with Gasteiger partial charge < -0.3 is 0 Å². The first-order chi connectivity index (χ1) is 7.36. The summed E-state index contributed by atoms with van der Waals surface area (Å²) in [5, 5.41) is 0. The van der Waals surface area contributed by atoms with Crippen LogP contribution < -0.4 is 0 Å². The van der Waals surface area contributed by atoms with Crippen LogP contribution >= 0.6 is 11.8 Å². The molecule has 1 rings (SSSR count). The third kappa shape index (κ3) is 4.95. The fraction of sp³-hybridized carbons (Fsp3) is 0.429. The lowest BCUT2D eigenvalue weighted by Gasteiger charge is -1.99. The molecule has 0 fully saturated rings. The first kappa shape index (κ1) is 12.2. The van der Waals surface area contributed by atoms with E-state index in [1.54, 1.807) is 11.8 Å². The number of thioether (sulfide) groups is 1. The third-order valence-electron chi connectivity index (χ3n) is 2.20. The van der Waals surface area contributed by atoms with E-state index >= 15 is 0 Å². The van der Waals surface area contributed by atoms with Crippen molar-refractivity contribution in [2.75, 3.05) is 6.26 Å². The molecule has 0 aliphatic rings. The summed E-state index contributed by atoms with van der Waals surface area (Å²) >= 11 is 1.78. The Hall–Kier alpha value is -0.870. The van der Waals surface area contributed by atoms with E-state index in [0.717, 1.165) is 25.7 Å². The molecule has 0 bridgehead atoms.